The molecule has 1 aromatic carbocycles. The number of carbonyl (C=O) groups is 1. The lowest BCUT2D eigenvalue weighted by molar-refractivity contribution is -0.133. The fourth-order valence-electron chi connectivity index (χ4n) is 2.09. The van der Waals surface area contributed by atoms with Crippen molar-refractivity contribution in [2.24, 2.45) is 0 Å². The lowest BCUT2D eigenvalue weighted by Crippen LogP contribution is -2.23. The van der Waals surface area contributed by atoms with Crippen LogP contribution in [-0.2, 0) is 9.53 Å². The molecule has 0 atom stereocenters. The van der Waals surface area contributed by atoms with E-state index in [9.17, 15) is 4.79 Å². The van der Waals surface area contributed by atoms with Gasteiger partial charge in [-0.25, -0.2) is 4.79 Å². The fraction of sp³-hybridized carbons (Fsp3) is 0.357. The quantitative estimate of drug-likeness (QED) is 0.627. The molecule has 0 spiro atoms. The van der Waals surface area contributed by atoms with Crippen molar-refractivity contribution in [2.45, 2.75) is 19.3 Å². The van der Waals surface area contributed by atoms with Crippen LogP contribution in [0.4, 0.5) is 0 Å². The molecule has 0 aliphatic carbocycles. The summed E-state index contributed by atoms with van der Waals surface area (Å²) in [4.78, 5) is 11.9. The lowest BCUT2D eigenvalue weighted by atomic mass is 9.98. The van der Waals surface area contributed by atoms with E-state index in [2.05, 4.69) is 5.32 Å². The number of ether oxygens (including phenoxy) is 1. The van der Waals surface area contributed by atoms with Crippen molar-refractivity contribution >= 4 is 11.5 Å². The Balaban J connectivity index is 2.41. The van der Waals surface area contributed by atoms with Gasteiger partial charge in [-0.1, -0.05) is 30.3 Å². The van der Waals surface area contributed by atoms with Crippen LogP contribution in [-0.4, -0.2) is 19.6 Å². The minimum absolute atomic E-state index is 0.263. The van der Waals surface area contributed by atoms with Crippen molar-refractivity contribution in [3.63, 3.8) is 0 Å². The third-order valence-electron chi connectivity index (χ3n) is 2.95. The van der Waals surface area contributed by atoms with Gasteiger partial charge in [0.2, 0.25) is 0 Å². The van der Waals surface area contributed by atoms with Gasteiger partial charge in [-0.2, -0.15) is 0 Å². The van der Waals surface area contributed by atoms with E-state index in [0.29, 0.717) is 5.57 Å². The predicted molar refractivity (Wildman–Crippen MR) is 67.2 cm³/mol. The van der Waals surface area contributed by atoms with E-state index in [0.717, 1.165) is 37.1 Å². The zero-order valence-corrected chi connectivity index (χ0v) is 10.0. The van der Waals surface area contributed by atoms with Crippen LogP contribution >= 0.6 is 0 Å². The Morgan fingerprint density at radius 3 is 2.59 bits per heavy atom. The van der Waals surface area contributed by atoms with Gasteiger partial charge in [-0.15, -0.1) is 0 Å². The van der Waals surface area contributed by atoms with Crippen LogP contribution in [0.3, 0.4) is 0 Å². The summed E-state index contributed by atoms with van der Waals surface area (Å²) in [5.74, 6) is -0.263. The molecule has 3 heteroatoms. The molecule has 0 saturated carbocycles. The molecule has 90 valence electrons. The molecule has 3 nitrogen and oxygen atoms in total. The third-order valence-corrected chi connectivity index (χ3v) is 2.95. The zero-order valence-electron chi connectivity index (χ0n) is 10.0. The first-order valence-corrected chi connectivity index (χ1v) is 5.93. The number of carbonyl (C=O) groups excluding carboxylic acids is 1. The normalized spacial score (nSPS) is 18.2. The van der Waals surface area contributed by atoms with Crippen LogP contribution in [0.25, 0.3) is 5.57 Å². The van der Waals surface area contributed by atoms with E-state index in [1.54, 1.807) is 0 Å². The van der Waals surface area contributed by atoms with Crippen LogP contribution in [0.15, 0.2) is 36.0 Å². The summed E-state index contributed by atoms with van der Waals surface area (Å²) in [6.45, 7) is 0.933. The van der Waals surface area contributed by atoms with Gasteiger partial charge in [0.1, 0.15) is 0 Å². The van der Waals surface area contributed by atoms with Crippen molar-refractivity contribution in [3.05, 3.63) is 41.6 Å². The zero-order chi connectivity index (χ0) is 12.1. The molecule has 0 unspecified atom stereocenters. The Morgan fingerprint density at radius 2 is 2.00 bits per heavy atom. The van der Waals surface area contributed by atoms with E-state index >= 15 is 0 Å². The lowest BCUT2D eigenvalue weighted by Gasteiger charge is -2.20. The molecule has 17 heavy (non-hydrogen) atoms. The smallest absolute Gasteiger partial charge is 0.340 e. The van der Waals surface area contributed by atoms with Gasteiger partial charge >= 0.3 is 5.97 Å². The molecule has 0 bridgehead atoms. The Morgan fingerprint density at radius 1 is 1.24 bits per heavy atom. The first-order valence-electron chi connectivity index (χ1n) is 5.93. The fourth-order valence-corrected chi connectivity index (χ4v) is 2.09. The molecule has 0 radical (unpaired) electrons. The van der Waals surface area contributed by atoms with Crippen LogP contribution < -0.4 is 5.32 Å². The van der Waals surface area contributed by atoms with Crippen molar-refractivity contribution in [2.75, 3.05) is 13.7 Å². The molecule has 1 N–H and O–H groups in total. The summed E-state index contributed by atoms with van der Waals surface area (Å²) in [5.41, 5.74) is 2.60. The number of nitrogens with one attached hydrogen (secondary N) is 1. The van der Waals surface area contributed by atoms with Gasteiger partial charge < -0.3 is 10.1 Å². The summed E-state index contributed by atoms with van der Waals surface area (Å²) in [6, 6.07) is 9.69. The Hall–Kier alpha value is -1.77. The number of methoxy groups -OCH3 is 1. The van der Waals surface area contributed by atoms with E-state index < -0.39 is 0 Å². The molecule has 0 aromatic heterocycles. The van der Waals surface area contributed by atoms with Crippen molar-refractivity contribution in [1.29, 1.82) is 0 Å². The maximum absolute atomic E-state index is 11.9. The second-order valence-electron chi connectivity index (χ2n) is 4.10. The summed E-state index contributed by atoms with van der Waals surface area (Å²) in [6.07, 6.45) is 3.20. The number of rotatable bonds is 2. The van der Waals surface area contributed by atoms with Gasteiger partial charge in [-0.3, -0.25) is 0 Å². The molecule has 1 aliphatic heterocycles. The van der Waals surface area contributed by atoms with Crippen molar-refractivity contribution in [3.8, 4) is 0 Å². The van der Waals surface area contributed by atoms with Crippen molar-refractivity contribution in [1.82, 2.24) is 5.32 Å². The molecule has 2 rings (SSSR count). The molecular weight excluding hydrogens is 214 g/mol. The van der Waals surface area contributed by atoms with E-state index in [-0.39, 0.29) is 5.97 Å². The van der Waals surface area contributed by atoms with Crippen LogP contribution in [0.2, 0.25) is 0 Å². The summed E-state index contributed by atoms with van der Waals surface area (Å²) in [5, 5.41) is 3.31. The van der Waals surface area contributed by atoms with Crippen molar-refractivity contribution < 1.29 is 9.53 Å². The second kappa shape index (κ2) is 5.53. The molecule has 1 fully saturated rings. The molecule has 1 aliphatic rings. The number of allylic oxidation sites excluding steroid dienone is 1. The Bertz CT molecular complexity index is 415. The highest BCUT2D eigenvalue weighted by Gasteiger charge is 2.19. The van der Waals surface area contributed by atoms with Gasteiger partial charge in [-0.05, 0) is 24.8 Å². The first kappa shape index (κ1) is 11.7. The average molecular weight is 231 g/mol. The van der Waals surface area contributed by atoms with Gasteiger partial charge in [0, 0.05) is 12.2 Å². The molecule has 1 heterocycles. The summed E-state index contributed by atoms with van der Waals surface area (Å²) >= 11 is 0. The number of hydrogen-bond acceptors (Lipinski definition) is 3. The minimum atomic E-state index is -0.263. The maximum atomic E-state index is 11.9. The second-order valence-corrected chi connectivity index (χ2v) is 4.10. The highest BCUT2D eigenvalue weighted by atomic mass is 16.5. The van der Waals surface area contributed by atoms with Gasteiger partial charge in [0.05, 0.1) is 12.7 Å². The SMILES string of the molecule is COC(=O)C(=C1CCCCN1)c1ccccc1. The molecule has 1 aromatic rings. The third kappa shape index (κ3) is 2.67. The summed E-state index contributed by atoms with van der Waals surface area (Å²) in [7, 11) is 1.43. The number of piperidine rings is 1. The van der Waals surface area contributed by atoms with Crippen LogP contribution in [0, 0.1) is 0 Å². The minimum Gasteiger partial charge on any atom is -0.465 e. The standard InChI is InChI=1S/C14H17NO2/c1-17-14(16)13(11-7-3-2-4-8-11)12-9-5-6-10-15-12/h2-4,7-8,15H,5-6,9-10H2,1H3. The van der Waals surface area contributed by atoms with E-state index in [1.807, 2.05) is 30.3 Å². The number of hydrogen-bond donors (Lipinski definition) is 1. The van der Waals surface area contributed by atoms with Gasteiger partial charge in [0.25, 0.3) is 0 Å². The van der Waals surface area contributed by atoms with Crippen LogP contribution in [0.5, 0.6) is 0 Å². The van der Waals surface area contributed by atoms with E-state index in [1.165, 1.54) is 7.11 Å². The largest absolute Gasteiger partial charge is 0.465 e. The van der Waals surface area contributed by atoms with Gasteiger partial charge in [0.15, 0.2) is 0 Å². The topological polar surface area (TPSA) is 38.3 Å². The monoisotopic (exact) mass is 231 g/mol. The van der Waals surface area contributed by atoms with E-state index in [4.69, 9.17) is 4.74 Å². The average Bonchev–Trinajstić information content (AvgIpc) is 2.41. The maximum Gasteiger partial charge on any atom is 0.340 e. The van der Waals surface area contributed by atoms with Crippen LogP contribution in [0.1, 0.15) is 24.8 Å². The molecule has 0 amide bonds. The summed E-state index contributed by atoms with van der Waals surface area (Å²) < 4.78 is 4.88. The Labute approximate surface area is 101 Å². The first-order chi connectivity index (χ1) is 8.33. The molecule has 1 saturated heterocycles. The highest BCUT2D eigenvalue weighted by molar-refractivity contribution is 6.17. The number of benzene rings is 1. The Kier molecular flexibility index (Phi) is 3.81. The predicted octanol–water partition coefficient (Wildman–Crippen LogP) is 2.34. The highest BCUT2D eigenvalue weighted by Crippen LogP contribution is 2.24. The number of esters is 1. The molecular formula is C14H17NO2.